The second-order valence-electron chi connectivity index (χ2n) is 4.33. The molecule has 0 radical (unpaired) electrons. The maximum atomic E-state index is 4.69. The first-order valence-corrected chi connectivity index (χ1v) is 6.45. The van der Waals surface area contributed by atoms with E-state index in [-0.39, 0.29) is 0 Å². The van der Waals surface area contributed by atoms with Gasteiger partial charge in [0.05, 0.1) is 5.01 Å². The summed E-state index contributed by atoms with van der Waals surface area (Å²) in [5.41, 5.74) is 2.48. The molecule has 0 bridgehead atoms. The standard InChI is InChI=1S/C11H13N3OS/c1-7-11(14-15-13-7)9-6-16-10(12-9)5-8-3-2-4-8/h6,8H,2-5H2,1H3. The fourth-order valence-corrected chi connectivity index (χ4v) is 2.82. The normalized spacial score (nSPS) is 16.3. The van der Waals surface area contributed by atoms with Gasteiger partial charge in [-0.25, -0.2) is 9.61 Å². The number of nitrogens with zero attached hydrogens (tertiary/aromatic N) is 3. The molecule has 1 saturated carbocycles. The van der Waals surface area contributed by atoms with Crippen molar-refractivity contribution in [3.05, 3.63) is 16.1 Å². The van der Waals surface area contributed by atoms with Gasteiger partial charge in [0, 0.05) is 11.8 Å². The van der Waals surface area contributed by atoms with Gasteiger partial charge < -0.3 is 0 Å². The number of thiazole rings is 1. The largest absolute Gasteiger partial charge is 0.244 e. The average Bonchev–Trinajstić information content (AvgIpc) is 2.80. The third-order valence-electron chi connectivity index (χ3n) is 3.13. The number of hydrogen-bond acceptors (Lipinski definition) is 5. The summed E-state index contributed by atoms with van der Waals surface area (Å²) < 4.78 is 4.69. The van der Waals surface area contributed by atoms with Crippen LogP contribution in [0, 0.1) is 12.8 Å². The summed E-state index contributed by atoms with van der Waals surface area (Å²) in [5, 5.41) is 10.9. The summed E-state index contributed by atoms with van der Waals surface area (Å²) in [7, 11) is 0. The van der Waals surface area contributed by atoms with Gasteiger partial charge in [-0.05, 0) is 18.0 Å². The van der Waals surface area contributed by atoms with Crippen LogP contribution in [0.2, 0.25) is 0 Å². The molecule has 0 aromatic carbocycles. The maximum absolute atomic E-state index is 4.69. The Balaban J connectivity index is 1.79. The summed E-state index contributed by atoms with van der Waals surface area (Å²) in [4.78, 5) is 4.59. The molecule has 0 amide bonds. The third kappa shape index (κ3) is 1.75. The van der Waals surface area contributed by atoms with E-state index in [2.05, 4.69) is 19.9 Å². The fraction of sp³-hybridized carbons (Fsp3) is 0.545. The highest BCUT2D eigenvalue weighted by Gasteiger charge is 2.20. The molecule has 1 fully saturated rings. The van der Waals surface area contributed by atoms with Gasteiger partial charge in [0.25, 0.3) is 0 Å². The van der Waals surface area contributed by atoms with Gasteiger partial charge in [0.15, 0.2) is 5.69 Å². The number of aryl methyl sites for hydroxylation is 1. The minimum atomic E-state index is 0.774. The second-order valence-corrected chi connectivity index (χ2v) is 5.27. The molecule has 0 atom stereocenters. The topological polar surface area (TPSA) is 51.8 Å². The van der Waals surface area contributed by atoms with Crippen molar-refractivity contribution in [2.24, 2.45) is 5.92 Å². The van der Waals surface area contributed by atoms with E-state index in [0.29, 0.717) is 0 Å². The first kappa shape index (κ1) is 9.96. The van der Waals surface area contributed by atoms with Gasteiger partial charge in [0.1, 0.15) is 11.4 Å². The van der Waals surface area contributed by atoms with Crippen molar-refractivity contribution >= 4 is 11.3 Å². The number of rotatable bonds is 3. The monoisotopic (exact) mass is 235 g/mol. The molecule has 0 N–H and O–H groups in total. The molecule has 0 unspecified atom stereocenters. The summed E-state index contributed by atoms with van der Waals surface area (Å²) >= 11 is 1.71. The van der Waals surface area contributed by atoms with Crippen LogP contribution in [0.15, 0.2) is 10.0 Å². The minimum Gasteiger partial charge on any atom is -0.244 e. The fourth-order valence-electron chi connectivity index (χ4n) is 1.92. The Hall–Kier alpha value is -1.23. The molecule has 2 aromatic rings. The molecule has 0 saturated heterocycles. The Kier molecular flexibility index (Phi) is 2.47. The molecule has 3 rings (SSSR count). The van der Waals surface area contributed by atoms with E-state index in [4.69, 9.17) is 0 Å². The zero-order chi connectivity index (χ0) is 11.0. The lowest BCUT2D eigenvalue weighted by molar-refractivity contribution is 0.305. The van der Waals surface area contributed by atoms with Gasteiger partial charge in [-0.15, -0.1) is 11.3 Å². The second kappa shape index (κ2) is 3.97. The molecule has 0 spiro atoms. The van der Waals surface area contributed by atoms with Crippen molar-refractivity contribution in [1.29, 1.82) is 0 Å². The van der Waals surface area contributed by atoms with Gasteiger partial charge in [-0.1, -0.05) is 24.4 Å². The van der Waals surface area contributed by atoms with Gasteiger partial charge in [0.2, 0.25) is 0 Å². The van der Waals surface area contributed by atoms with Crippen LogP contribution in [0.5, 0.6) is 0 Å². The minimum absolute atomic E-state index is 0.774. The Morgan fingerprint density at radius 1 is 1.44 bits per heavy atom. The van der Waals surface area contributed by atoms with E-state index >= 15 is 0 Å². The maximum Gasteiger partial charge on any atom is 0.157 e. The Labute approximate surface area is 97.7 Å². The quantitative estimate of drug-likeness (QED) is 0.820. The molecule has 2 aromatic heterocycles. The van der Waals surface area contributed by atoms with E-state index in [0.717, 1.165) is 29.4 Å². The summed E-state index contributed by atoms with van der Waals surface area (Å²) in [6, 6.07) is 0. The summed E-state index contributed by atoms with van der Waals surface area (Å²) in [5.74, 6) is 0.857. The van der Waals surface area contributed by atoms with Crippen LogP contribution in [0.25, 0.3) is 11.4 Å². The molecule has 16 heavy (non-hydrogen) atoms. The Morgan fingerprint density at radius 3 is 2.94 bits per heavy atom. The first-order chi connectivity index (χ1) is 7.83. The molecule has 84 valence electrons. The summed E-state index contributed by atoms with van der Waals surface area (Å²) in [6.45, 7) is 1.89. The predicted molar refractivity (Wildman–Crippen MR) is 61.2 cm³/mol. The average molecular weight is 235 g/mol. The predicted octanol–water partition coefficient (Wildman–Crippen LogP) is 2.84. The van der Waals surface area contributed by atoms with E-state index in [1.165, 1.54) is 24.3 Å². The zero-order valence-corrected chi connectivity index (χ0v) is 9.96. The highest BCUT2D eigenvalue weighted by Crippen LogP contribution is 2.31. The van der Waals surface area contributed by atoms with Crippen molar-refractivity contribution in [2.45, 2.75) is 32.6 Å². The van der Waals surface area contributed by atoms with E-state index < -0.39 is 0 Å². The molecule has 1 aliphatic carbocycles. The first-order valence-electron chi connectivity index (χ1n) is 5.57. The van der Waals surface area contributed by atoms with Crippen LogP contribution in [0.3, 0.4) is 0 Å². The highest BCUT2D eigenvalue weighted by atomic mass is 32.1. The van der Waals surface area contributed by atoms with Crippen molar-refractivity contribution in [2.75, 3.05) is 0 Å². The van der Waals surface area contributed by atoms with Crippen molar-refractivity contribution in [3.8, 4) is 11.4 Å². The molecular formula is C11H13N3OS. The molecule has 2 heterocycles. The zero-order valence-electron chi connectivity index (χ0n) is 9.14. The van der Waals surface area contributed by atoms with Crippen LogP contribution >= 0.6 is 11.3 Å². The molecule has 1 aliphatic rings. The molecule has 5 heteroatoms. The molecule has 0 aliphatic heterocycles. The van der Waals surface area contributed by atoms with Crippen LogP contribution in [-0.4, -0.2) is 15.3 Å². The third-order valence-corrected chi connectivity index (χ3v) is 4.01. The number of aromatic nitrogens is 3. The lowest BCUT2D eigenvalue weighted by Gasteiger charge is -2.23. The Bertz CT molecular complexity index is 487. The molecule has 4 nitrogen and oxygen atoms in total. The van der Waals surface area contributed by atoms with Gasteiger partial charge in [-0.2, -0.15) is 0 Å². The van der Waals surface area contributed by atoms with Crippen molar-refractivity contribution in [3.63, 3.8) is 0 Å². The van der Waals surface area contributed by atoms with Crippen LogP contribution < -0.4 is 0 Å². The van der Waals surface area contributed by atoms with Crippen LogP contribution in [0.1, 0.15) is 30.0 Å². The van der Waals surface area contributed by atoms with Gasteiger partial charge >= 0.3 is 0 Å². The summed E-state index contributed by atoms with van der Waals surface area (Å²) in [6.07, 6.45) is 5.23. The van der Waals surface area contributed by atoms with E-state index in [9.17, 15) is 0 Å². The highest BCUT2D eigenvalue weighted by molar-refractivity contribution is 7.09. The smallest absolute Gasteiger partial charge is 0.157 e. The van der Waals surface area contributed by atoms with E-state index in [1.807, 2.05) is 12.3 Å². The van der Waals surface area contributed by atoms with Gasteiger partial charge in [-0.3, -0.25) is 0 Å². The Morgan fingerprint density at radius 2 is 2.31 bits per heavy atom. The van der Waals surface area contributed by atoms with Crippen LogP contribution in [0.4, 0.5) is 0 Å². The SMILES string of the molecule is Cc1nonc1-c1csc(CC2CCC2)n1. The van der Waals surface area contributed by atoms with Crippen molar-refractivity contribution < 1.29 is 4.63 Å². The lowest BCUT2D eigenvalue weighted by Crippen LogP contribution is -2.13. The van der Waals surface area contributed by atoms with Crippen molar-refractivity contribution in [1.82, 2.24) is 15.3 Å². The lowest BCUT2D eigenvalue weighted by atomic mass is 9.83. The van der Waals surface area contributed by atoms with E-state index in [1.54, 1.807) is 11.3 Å². The molecular weight excluding hydrogens is 222 g/mol. The van der Waals surface area contributed by atoms with Crippen LogP contribution in [-0.2, 0) is 6.42 Å². The number of hydrogen-bond donors (Lipinski definition) is 0.